The number of rotatable bonds is 6. The third-order valence-electron chi connectivity index (χ3n) is 5.54. The molecule has 0 unspecified atom stereocenters. The van der Waals surface area contributed by atoms with E-state index in [4.69, 9.17) is 0 Å². The maximum Gasteiger partial charge on any atom is 0.255 e. The molecule has 0 radical (unpaired) electrons. The number of benzene rings is 2. The Morgan fingerprint density at radius 3 is 2.58 bits per heavy atom. The van der Waals surface area contributed by atoms with Gasteiger partial charge in [-0.1, -0.05) is 24.3 Å². The van der Waals surface area contributed by atoms with E-state index in [0.717, 1.165) is 14.7 Å². The highest BCUT2D eigenvalue weighted by Gasteiger charge is 2.19. The minimum atomic E-state index is -3.35. The Morgan fingerprint density at radius 1 is 1.15 bits per heavy atom. The lowest BCUT2D eigenvalue weighted by Gasteiger charge is -2.09. The summed E-state index contributed by atoms with van der Waals surface area (Å²) >= 11 is 2.28. The van der Waals surface area contributed by atoms with Crippen molar-refractivity contribution >= 4 is 49.5 Å². The molecule has 4 aromatic rings. The first-order valence-corrected chi connectivity index (χ1v) is 13.0. The van der Waals surface area contributed by atoms with Crippen molar-refractivity contribution < 1.29 is 13.2 Å². The molecule has 2 heterocycles. The van der Waals surface area contributed by atoms with Gasteiger partial charge in [0.05, 0.1) is 27.6 Å². The number of carbonyl (C=O) groups is 1. The molecule has 2 N–H and O–H groups in total. The monoisotopic (exact) mass is 574 g/mol. The summed E-state index contributed by atoms with van der Waals surface area (Å²) in [7, 11) is -3.35. The van der Waals surface area contributed by atoms with Gasteiger partial charge in [-0.25, -0.2) is 18.4 Å². The number of hydrogen-bond acceptors (Lipinski definition) is 5. The fourth-order valence-corrected chi connectivity index (χ4v) is 5.02. The van der Waals surface area contributed by atoms with E-state index < -0.39 is 15.1 Å². The predicted octanol–water partition coefficient (Wildman–Crippen LogP) is 4.65. The summed E-state index contributed by atoms with van der Waals surface area (Å²) in [6, 6.07) is 12.6. The Bertz CT molecular complexity index is 1440. The largest absolute Gasteiger partial charge is 0.348 e. The van der Waals surface area contributed by atoms with E-state index in [0.29, 0.717) is 34.5 Å². The van der Waals surface area contributed by atoms with Crippen LogP contribution in [0.4, 0.5) is 0 Å². The molecule has 7 nitrogen and oxygen atoms in total. The van der Waals surface area contributed by atoms with Crippen LogP contribution in [0.1, 0.15) is 35.3 Å². The molecule has 4 rings (SSSR count). The number of amides is 1. The number of hydrogen-bond donors (Lipinski definition) is 2. The second-order valence-corrected chi connectivity index (χ2v) is 11.6. The molecular formula is C24H23IN4O3S. The van der Waals surface area contributed by atoms with Crippen molar-refractivity contribution in [2.45, 2.75) is 37.5 Å². The Kier molecular flexibility index (Phi) is 6.53. The molecule has 2 aromatic heterocycles. The average Bonchev–Trinajstić information content (AvgIpc) is 3.23. The van der Waals surface area contributed by atoms with Crippen LogP contribution in [0.25, 0.3) is 22.4 Å². The number of fused-ring (bicyclic) bond motifs is 1. The van der Waals surface area contributed by atoms with Gasteiger partial charge in [-0.3, -0.25) is 4.79 Å². The molecule has 0 atom stereocenters. The van der Waals surface area contributed by atoms with Crippen molar-refractivity contribution in [3.8, 4) is 11.3 Å². The van der Waals surface area contributed by atoms with Gasteiger partial charge in [-0.2, -0.15) is 0 Å². The lowest BCUT2D eigenvalue weighted by molar-refractivity contribution is 0.0952. The number of aromatic nitrogens is 3. The van der Waals surface area contributed by atoms with Crippen LogP contribution in [0.5, 0.6) is 0 Å². The number of halogens is 1. The quantitative estimate of drug-likeness (QED) is 0.327. The van der Waals surface area contributed by atoms with Crippen LogP contribution in [0.3, 0.4) is 0 Å². The van der Waals surface area contributed by atoms with E-state index >= 15 is 0 Å². The number of aromatic amines is 1. The van der Waals surface area contributed by atoms with E-state index in [9.17, 15) is 13.2 Å². The molecule has 0 aliphatic heterocycles. The van der Waals surface area contributed by atoms with Crippen molar-refractivity contribution in [2.75, 3.05) is 0 Å². The van der Waals surface area contributed by atoms with Gasteiger partial charge in [-0.05, 0) is 72.7 Å². The molecule has 0 saturated heterocycles. The summed E-state index contributed by atoms with van der Waals surface area (Å²) < 4.78 is 25.9. The zero-order chi connectivity index (χ0) is 23.8. The third-order valence-corrected chi connectivity index (χ3v) is 8.88. The molecule has 0 saturated carbocycles. The third kappa shape index (κ3) is 4.65. The first-order valence-electron chi connectivity index (χ1n) is 10.4. The van der Waals surface area contributed by atoms with Gasteiger partial charge in [0.2, 0.25) is 0 Å². The lowest BCUT2D eigenvalue weighted by atomic mass is 10.1. The highest BCUT2D eigenvalue weighted by molar-refractivity contribution is 14.1. The molecule has 0 aliphatic carbocycles. The summed E-state index contributed by atoms with van der Waals surface area (Å²) in [6.07, 6.45) is 3.20. The first kappa shape index (κ1) is 23.4. The fraction of sp³-hybridized carbons (Fsp3) is 0.208. The van der Waals surface area contributed by atoms with E-state index in [-0.39, 0.29) is 10.8 Å². The van der Waals surface area contributed by atoms with Gasteiger partial charge in [0.1, 0.15) is 5.52 Å². The number of nitrogens with zero attached hydrogens (tertiary/aromatic N) is 2. The van der Waals surface area contributed by atoms with E-state index in [2.05, 4.69) is 42.9 Å². The van der Waals surface area contributed by atoms with Crippen LogP contribution in [0.2, 0.25) is 0 Å². The van der Waals surface area contributed by atoms with Crippen LogP contribution < -0.4 is 5.32 Å². The zero-order valence-electron chi connectivity index (χ0n) is 18.4. The molecule has 0 spiro atoms. The summed E-state index contributed by atoms with van der Waals surface area (Å²) in [5.41, 5.74) is 4.84. The van der Waals surface area contributed by atoms with E-state index in [1.807, 2.05) is 25.1 Å². The highest BCUT2D eigenvalue weighted by atomic mass is 127. The number of sulfone groups is 1. The van der Waals surface area contributed by atoms with Crippen LogP contribution in [-0.2, 0) is 16.4 Å². The van der Waals surface area contributed by atoms with Crippen molar-refractivity contribution in [1.29, 1.82) is 0 Å². The molecule has 0 fully saturated rings. The fourth-order valence-electron chi connectivity index (χ4n) is 3.41. The minimum absolute atomic E-state index is 0.246. The van der Waals surface area contributed by atoms with Gasteiger partial charge in [0.25, 0.3) is 5.91 Å². The van der Waals surface area contributed by atoms with Gasteiger partial charge in [0.15, 0.2) is 15.5 Å². The Balaban J connectivity index is 1.60. The Hall–Kier alpha value is -2.79. The van der Waals surface area contributed by atoms with Crippen LogP contribution in [0.15, 0.2) is 59.8 Å². The standard InChI is InChI=1S/C24H23IN4O3S/c1-14(2)33(31,32)18-9-7-16(8-10-18)21-13-27-23-22(29-21)19(12-26-23)24(30)28-11-17-5-4-6-20(25)15(17)3/h4-10,12-14H,11H2,1-3H3,(H,26,27)(H,28,30). The summed E-state index contributed by atoms with van der Waals surface area (Å²) in [4.78, 5) is 25.2. The van der Waals surface area contributed by atoms with Crippen LogP contribution in [-0.4, -0.2) is 34.5 Å². The van der Waals surface area contributed by atoms with Gasteiger partial charge in [-0.15, -0.1) is 0 Å². The molecule has 2 aromatic carbocycles. The van der Waals surface area contributed by atoms with Gasteiger partial charge < -0.3 is 10.3 Å². The maximum absolute atomic E-state index is 12.9. The van der Waals surface area contributed by atoms with E-state index in [1.54, 1.807) is 50.5 Å². The SMILES string of the molecule is Cc1c(I)cccc1CNC(=O)c1c[nH]c2ncc(-c3ccc(S(=O)(=O)C(C)C)cc3)nc12. The van der Waals surface area contributed by atoms with E-state index in [1.165, 1.54) is 0 Å². The second kappa shape index (κ2) is 9.22. The van der Waals surface area contributed by atoms with Crippen molar-refractivity contribution in [1.82, 2.24) is 20.3 Å². The average molecular weight is 574 g/mol. The number of nitrogens with one attached hydrogen (secondary N) is 2. The number of carbonyl (C=O) groups excluding carboxylic acids is 1. The van der Waals surface area contributed by atoms with Crippen LogP contribution in [0, 0.1) is 10.5 Å². The van der Waals surface area contributed by atoms with Gasteiger partial charge in [0, 0.05) is 21.9 Å². The number of H-pyrrole nitrogens is 1. The normalized spacial score (nSPS) is 11.8. The minimum Gasteiger partial charge on any atom is -0.348 e. The van der Waals surface area contributed by atoms with Crippen molar-refractivity contribution in [3.63, 3.8) is 0 Å². The lowest BCUT2D eigenvalue weighted by Crippen LogP contribution is -2.23. The molecule has 1 amide bonds. The van der Waals surface area contributed by atoms with Crippen molar-refractivity contribution in [2.24, 2.45) is 0 Å². The molecule has 9 heteroatoms. The molecule has 0 bridgehead atoms. The highest BCUT2D eigenvalue weighted by Crippen LogP contribution is 2.24. The van der Waals surface area contributed by atoms with Crippen molar-refractivity contribution in [3.05, 3.63) is 75.1 Å². The second-order valence-electron chi connectivity index (χ2n) is 7.98. The Labute approximate surface area is 206 Å². The molecule has 170 valence electrons. The maximum atomic E-state index is 12.9. The summed E-state index contributed by atoms with van der Waals surface area (Å²) in [5.74, 6) is -0.246. The summed E-state index contributed by atoms with van der Waals surface area (Å²) in [5, 5.41) is 2.46. The summed E-state index contributed by atoms with van der Waals surface area (Å²) in [6.45, 7) is 5.75. The zero-order valence-corrected chi connectivity index (χ0v) is 21.4. The van der Waals surface area contributed by atoms with Crippen LogP contribution >= 0.6 is 22.6 Å². The smallest absolute Gasteiger partial charge is 0.255 e. The molecular weight excluding hydrogens is 551 g/mol. The van der Waals surface area contributed by atoms with Gasteiger partial charge >= 0.3 is 0 Å². The molecule has 0 aliphatic rings. The predicted molar refractivity (Wildman–Crippen MR) is 137 cm³/mol. The first-order chi connectivity index (χ1) is 15.7. The topological polar surface area (TPSA) is 105 Å². The Morgan fingerprint density at radius 2 is 1.88 bits per heavy atom. The molecule has 33 heavy (non-hydrogen) atoms.